The fourth-order valence-corrected chi connectivity index (χ4v) is 3.48. The Morgan fingerprint density at radius 3 is 1.88 bits per heavy atom. The Labute approximate surface area is 141 Å². The van der Waals surface area contributed by atoms with Crippen LogP contribution >= 0.6 is 7.60 Å². The molecule has 2 aromatic heterocycles. The van der Waals surface area contributed by atoms with Gasteiger partial charge in [0, 0.05) is 0 Å². The summed E-state index contributed by atoms with van der Waals surface area (Å²) in [5, 5.41) is 15.7. The van der Waals surface area contributed by atoms with Crippen molar-refractivity contribution in [3.8, 4) is 0 Å². The molecule has 2 aromatic carbocycles. The van der Waals surface area contributed by atoms with E-state index >= 15 is 0 Å². The maximum Gasteiger partial charge on any atom is 0.474 e. The fraction of sp³-hybridized carbons (Fsp3) is 0.0667. The van der Waals surface area contributed by atoms with Gasteiger partial charge in [0.1, 0.15) is 22.1 Å². The molecule has 0 bridgehead atoms. The summed E-state index contributed by atoms with van der Waals surface area (Å²) in [5.74, 6) is 0. The average Bonchev–Trinajstić information content (AvgIpc) is 3.20. The topological polar surface area (TPSA) is 97.0 Å². The Balaban J connectivity index is 1.69. The molecule has 0 radical (unpaired) electrons. The number of allylic oxidation sites excluding steroid dienone is 1. The minimum atomic E-state index is -3.70. The van der Waals surface area contributed by atoms with Crippen molar-refractivity contribution in [2.75, 3.05) is 6.16 Å². The number of fused-ring (bicyclic) bond motifs is 2. The van der Waals surface area contributed by atoms with Crippen LogP contribution in [0.15, 0.2) is 61.2 Å². The number of benzene rings is 2. The van der Waals surface area contributed by atoms with E-state index < -0.39 is 7.60 Å². The van der Waals surface area contributed by atoms with Gasteiger partial charge in [0.2, 0.25) is 0 Å². The van der Waals surface area contributed by atoms with Crippen molar-refractivity contribution in [2.24, 2.45) is 0 Å². The second-order valence-electron chi connectivity index (χ2n) is 5.15. The smallest absolute Gasteiger partial charge is 0.302 e. The van der Waals surface area contributed by atoms with Gasteiger partial charge < -0.3 is 9.25 Å². The molecule has 0 amide bonds. The summed E-state index contributed by atoms with van der Waals surface area (Å²) in [6.07, 6.45) is 1.40. The van der Waals surface area contributed by atoms with Crippen LogP contribution < -0.4 is 9.25 Å². The number of aromatic nitrogens is 6. The Morgan fingerprint density at radius 1 is 0.920 bits per heavy atom. The molecule has 0 fully saturated rings. The van der Waals surface area contributed by atoms with E-state index in [0.717, 1.165) is 9.69 Å². The zero-order valence-corrected chi connectivity index (χ0v) is 13.9. The monoisotopic (exact) mass is 356 g/mol. The molecule has 2 heterocycles. The number of nitrogens with zero attached hydrogens (tertiary/aromatic N) is 6. The van der Waals surface area contributed by atoms with Crippen LogP contribution in [0.25, 0.3) is 22.1 Å². The summed E-state index contributed by atoms with van der Waals surface area (Å²) in [6, 6.07) is 14.3. The molecule has 0 unspecified atom stereocenters. The predicted octanol–water partition coefficient (Wildman–Crippen LogP) is 2.11. The van der Waals surface area contributed by atoms with Crippen LogP contribution in [0.5, 0.6) is 0 Å². The molecule has 0 atom stereocenters. The van der Waals surface area contributed by atoms with Crippen LogP contribution in [0.3, 0.4) is 0 Å². The molecular weight excluding hydrogens is 343 g/mol. The predicted molar refractivity (Wildman–Crippen MR) is 90.9 cm³/mol. The standard InChI is InChI=1S/C15H13N6O3P/c1-2-11-25(22,23-20-14-9-5-3-7-12(14)16-18-20)24-21-15-10-6-4-8-13(15)17-19-21/h2-10H,1,11H2. The summed E-state index contributed by atoms with van der Waals surface area (Å²) >= 11 is 0. The van der Waals surface area contributed by atoms with Crippen LogP contribution in [-0.4, -0.2) is 36.5 Å². The van der Waals surface area contributed by atoms with Gasteiger partial charge in [-0.2, -0.15) is 0 Å². The zero-order valence-electron chi connectivity index (χ0n) is 13.0. The molecule has 0 saturated heterocycles. The van der Waals surface area contributed by atoms with Gasteiger partial charge in [-0.25, -0.2) is 4.57 Å². The minimum absolute atomic E-state index is 0.0463. The quantitative estimate of drug-likeness (QED) is 0.385. The number of para-hydroxylation sites is 2. The molecule has 0 aliphatic rings. The van der Waals surface area contributed by atoms with Crippen molar-refractivity contribution in [3.05, 3.63) is 61.2 Å². The lowest BCUT2D eigenvalue weighted by molar-refractivity contribution is 0.148. The molecule has 0 saturated carbocycles. The van der Waals surface area contributed by atoms with E-state index in [1.54, 1.807) is 36.4 Å². The van der Waals surface area contributed by atoms with E-state index in [0.29, 0.717) is 22.1 Å². The Kier molecular flexibility index (Phi) is 3.70. The third-order valence-corrected chi connectivity index (χ3v) is 4.91. The van der Waals surface area contributed by atoms with Gasteiger partial charge in [-0.05, 0) is 34.7 Å². The van der Waals surface area contributed by atoms with E-state index in [9.17, 15) is 4.57 Å². The largest absolute Gasteiger partial charge is 0.474 e. The molecule has 10 heteroatoms. The van der Waals surface area contributed by atoms with Crippen molar-refractivity contribution in [3.63, 3.8) is 0 Å². The maximum atomic E-state index is 13.1. The van der Waals surface area contributed by atoms with Crippen molar-refractivity contribution in [1.82, 2.24) is 30.3 Å². The van der Waals surface area contributed by atoms with Crippen LogP contribution in [0.1, 0.15) is 0 Å². The third-order valence-electron chi connectivity index (χ3n) is 3.40. The maximum absolute atomic E-state index is 13.1. The SMILES string of the molecule is C=CCP(=O)(On1nnc2ccccc21)On1nnc2ccccc21. The van der Waals surface area contributed by atoms with E-state index in [1.165, 1.54) is 6.08 Å². The molecule has 9 nitrogen and oxygen atoms in total. The van der Waals surface area contributed by atoms with Gasteiger partial charge in [0.15, 0.2) is 0 Å². The fourth-order valence-electron chi connectivity index (χ4n) is 2.29. The van der Waals surface area contributed by atoms with Gasteiger partial charge in [-0.15, -0.1) is 16.8 Å². The first kappa shape index (κ1) is 15.3. The molecule has 126 valence electrons. The first-order chi connectivity index (χ1) is 12.2. The van der Waals surface area contributed by atoms with E-state index in [1.807, 2.05) is 12.1 Å². The average molecular weight is 356 g/mol. The summed E-state index contributed by atoms with van der Waals surface area (Å²) in [5.41, 5.74) is 2.36. The Morgan fingerprint density at radius 2 is 1.40 bits per heavy atom. The van der Waals surface area contributed by atoms with Crippen molar-refractivity contribution >= 4 is 29.7 Å². The van der Waals surface area contributed by atoms with Crippen LogP contribution in [0, 0.1) is 0 Å². The van der Waals surface area contributed by atoms with Gasteiger partial charge in [0.05, 0.1) is 6.16 Å². The normalized spacial score (nSPS) is 11.7. The lowest BCUT2D eigenvalue weighted by Crippen LogP contribution is -2.21. The molecule has 4 rings (SSSR count). The highest BCUT2D eigenvalue weighted by Crippen LogP contribution is 2.41. The van der Waals surface area contributed by atoms with Crippen LogP contribution in [-0.2, 0) is 4.57 Å². The Hall–Kier alpha value is -3.19. The lowest BCUT2D eigenvalue weighted by atomic mass is 10.3. The molecule has 25 heavy (non-hydrogen) atoms. The number of hydrogen-bond acceptors (Lipinski definition) is 7. The van der Waals surface area contributed by atoms with E-state index in [2.05, 4.69) is 27.2 Å². The van der Waals surface area contributed by atoms with Crippen molar-refractivity contribution in [1.29, 1.82) is 0 Å². The molecular formula is C15H13N6O3P. The molecule has 0 aliphatic heterocycles. The first-order valence-corrected chi connectivity index (χ1v) is 9.12. The van der Waals surface area contributed by atoms with E-state index in [-0.39, 0.29) is 6.16 Å². The van der Waals surface area contributed by atoms with Crippen molar-refractivity contribution < 1.29 is 13.8 Å². The first-order valence-electron chi connectivity index (χ1n) is 7.39. The van der Waals surface area contributed by atoms with Crippen LogP contribution in [0.4, 0.5) is 0 Å². The highest BCUT2D eigenvalue weighted by molar-refractivity contribution is 7.54. The molecule has 0 N–H and O–H groups in total. The summed E-state index contributed by atoms with van der Waals surface area (Å²) in [7, 11) is -3.70. The molecule has 4 aromatic rings. The third kappa shape index (κ3) is 2.85. The highest BCUT2D eigenvalue weighted by atomic mass is 31.2. The number of hydrogen-bond donors (Lipinski definition) is 0. The summed E-state index contributed by atoms with van der Waals surface area (Å²) in [6.45, 7) is 3.61. The van der Waals surface area contributed by atoms with Crippen molar-refractivity contribution in [2.45, 2.75) is 0 Å². The van der Waals surface area contributed by atoms with Gasteiger partial charge in [-0.3, -0.25) is 0 Å². The molecule has 0 aliphatic carbocycles. The summed E-state index contributed by atoms with van der Waals surface area (Å²) in [4.78, 5) is 2.16. The zero-order chi connectivity index (χ0) is 17.3. The van der Waals surface area contributed by atoms with Crippen LogP contribution in [0.2, 0.25) is 0 Å². The van der Waals surface area contributed by atoms with E-state index in [4.69, 9.17) is 9.25 Å². The molecule has 0 spiro atoms. The van der Waals surface area contributed by atoms with Gasteiger partial charge >= 0.3 is 7.60 Å². The Bertz CT molecular complexity index is 1020. The lowest BCUT2D eigenvalue weighted by Gasteiger charge is -2.16. The summed E-state index contributed by atoms with van der Waals surface area (Å²) < 4.78 is 24.2. The second-order valence-corrected chi connectivity index (χ2v) is 7.06. The minimum Gasteiger partial charge on any atom is -0.302 e. The van der Waals surface area contributed by atoms with Gasteiger partial charge in [-0.1, -0.05) is 40.0 Å². The highest BCUT2D eigenvalue weighted by Gasteiger charge is 2.30. The van der Waals surface area contributed by atoms with Gasteiger partial charge in [0.25, 0.3) is 0 Å². The number of rotatable bonds is 6. The second kappa shape index (κ2) is 6.03.